The summed E-state index contributed by atoms with van der Waals surface area (Å²) in [6.07, 6.45) is 0. The van der Waals surface area contributed by atoms with Gasteiger partial charge < -0.3 is 11.1 Å². The summed E-state index contributed by atoms with van der Waals surface area (Å²) >= 11 is 2.82. The lowest BCUT2D eigenvalue weighted by Gasteiger charge is -2.12. The molecular formula is C11H14N4OS2. The number of carbonyl (C=O) groups is 1. The Morgan fingerprint density at radius 3 is 2.61 bits per heavy atom. The van der Waals surface area contributed by atoms with E-state index in [2.05, 4.69) is 35.4 Å². The van der Waals surface area contributed by atoms with Gasteiger partial charge in [0.1, 0.15) is 0 Å². The number of amides is 1. The number of anilines is 1. The van der Waals surface area contributed by atoms with Crippen molar-refractivity contribution in [3.8, 4) is 0 Å². The predicted octanol–water partition coefficient (Wildman–Crippen LogP) is 2.29. The van der Waals surface area contributed by atoms with Gasteiger partial charge in [0.25, 0.3) is 5.91 Å². The lowest BCUT2D eigenvalue weighted by atomic mass is 10.1. The maximum atomic E-state index is 11.9. The number of aryl methyl sites for hydroxylation is 2. The summed E-state index contributed by atoms with van der Waals surface area (Å²) in [6.45, 7) is 6.07. The third kappa shape index (κ3) is 2.68. The van der Waals surface area contributed by atoms with E-state index in [-0.39, 0.29) is 11.9 Å². The lowest BCUT2D eigenvalue weighted by molar-refractivity contribution is 0.0939. The van der Waals surface area contributed by atoms with Crippen LogP contribution in [0.2, 0.25) is 0 Å². The van der Waals surface area contributed by atoms with E-state index in [0.717, 1.165) is 16.9 Å². The standard InChI is InChI=1S/C11H14N4OS2/c1-5-4-8(7(3)17-5)6(2)13-9(16)10-14-15-11(12)18-10/h4,6H,1-3H3,(H2,12,15)(H,13,16). The van der Waals surface area contributed by atoms with Gasteiger partial charge in [-0.15, -0.1) is 21.5 Å². The van der Waals surface area contributed by atoms with Crippen molar-refractivity contribution < 1.29 is 4.79 Å². The highest BCUT2D eigenvalue weighted by atomic mass is 32.1. The van der Waals surface area contributed by atoms with Crippen LogP contribution in [0.4, 0.5) is 5.13 Å². The molecule has 0 aromatic carbocycles. The molecule has 0 saturated carbocycles. The van der Waals surface area contributed by atoms with E-state index >= 15 is 0 Å². The summed E-state index contributed by atoms with van der Waals surface area (Å²) in [4.78, 5) is 14.4. The third-order valence-electron chi connectivity index (χ3n) is 2.53. The molecule has 0 spiro atoms. The summed E-state index contributed by atoms with van der Waals surface area (Å²) in [5, 5.41) is 10.8. The van der Waals surface area contributed by atoms with Gasteiger partial charge in [0.15, 0.2) is 0 Å². The second-order valence-electron chi connectivity index (χ2n) is 4.01. The van der Waals surface area contributed by atoms with Crippen LogP contribution in [0.25, 0.3) is 0 Å². The highest BCUT2D eigenvalue weighted by Crippen LogP contribution is 2.26. The Morgan fingerprint density at radius 1 is 1.39 bits per heavy atom. The van der Waals surface area contributed by atoms with Gasteiger partial charge in [-0.2, -0.15) is 0 Å². The molecule has 0 aliphatic carbocycles. The minimum absolute atomic E-state index is 0.0485. The Kier molecular flexibility index (Phi) is 3.63. The molecule has 96 valence electrons. The maximum Gasteiger partial charge on any atom is 0.282 e. The number of nitrogens with one attached hydrogen (secondary N) is 1. The first-order valence-electron chi connectivity index (χ1n) is 5.44. The van der Waals surface area contributed by atoms with Gasteiger partial charge in [0.05, 0.1) is 6.04 Å². The molecule has 0 saturated heterocycles. The zero-order valence-electron chi connectivity index (χ0n) is 10.4. The molecule has 0 fully saturated rings. The first-order chi connectivity index (χ1) is 8.47. The number of hydrogen-bond donors (Lipinski definition) is 2. The number of hydrogen-bond acceptors (Lipinski definition) is 6. The molecule has 18 heavy (non-hydrogen) atoms. The van der Waals surface area contributed by atoms with Crippen molar-refractivity contribution in [3.63, 3.8) is 0 Å². The summed E-state index contributed by atoms with van der Waals surface area (Å²) < 4.78 is 0. The fourth-order valence-corrected chi connectivity index (χ4v) is 3.28. The van der Waals surface area contributed by atoms with Gasteiger partial charge in [-0.3, -0.25) is 4.79 Å². The molecule has 1 atom stereocenters. The molecule has 2 heterocycles. The van der Waals surface area contributed by atoms with Crippen LogP contribution in [-0.2, 0) is 0 Å². The van der Waals surface area contributed by atoms with Crippen LogP contribution in [0.1, 0.15) is 38.1 Å². The van der Waals surface area contributed by atoms with E-state index in [9.17, 15) is 4.79 Å². The van der Waals surface area contributed by atoms with E-state index in [4.69, 9.17) is 5.73 Å². The van der Waals surface area contributed by atoms with E-state index in [1.165, 1.54) is 9.75 Å². The van der Waals surface area contributed by atoms with E-state index in [0.29, 0.717) is 10.1 Å². The van der Waals surface area contributed by atoms with Crippen molar-refractivity contribution in [1.29, 1.82) is 0 Å². The first-order valence-corrected chi connectivity index (χ1v) is 7.07. The van der Waals surface area contributed by atoms with Gasteiger partial charge in [-0.25, -0.2) is 0 Å². The number of nitrogens with zero attached hydrogens (tertiary/aromatic N) is 2. The van der Waals surface area contributed by atoms with Crippen LogP contribution in [0, 0.1) is 13.8 Å². The molecule has 2 aromatic heterocycles. The van der Waals surface area contributed by atoms with Crippen molar-refractivity contribution >= 4 is 33.7 Å². The van der Waals surface area contributed by atoms with Gasteiger partial charge in [-0.1, -0.05) is 11.3 Å². The zero-order chi connectivity index (χ0) is 13.3. The molecule has 0 aliphatic rings. The Bertz CT molecular complexity index is 575. The van der Waals surface area contributed by atoms with Crippen molar-refractivity contribution in [2.24, 2.45) is 0 Å². The lowest BCUT2D eigenvalue weighted by Crippen LogP contribution is -2.26. The molecule has 7 heteroatoms. The first kappa shape index (κ1) is 13.0. The third-order valence-corrected chi connectivity index (χ3v) is 4.26. The zero-order valence-corrected chi connectivity index (χ0v) is 12.0. The Balaban J connectivity index is 2.10. The molecular weight excluding hydrogens is 268 g/mol. The molecule has 2 rings (SSSR count). The van der Waals surface area contributed by atoms with E-state index in [1.807, 2.05) is 6.92 Å². The van der Waals surface area contributed by atoms with Crippen molar-refractivity contribution in [3.05, 3.63) is 26.4 Å². The Morgan fingerprint density at radius 2 is 2.11 bits per heavy atom. The van der Waals surface area contributed by atoms with Crippen LogP contribution in [0.5, 0.6) is 0 Å². The fourth-order valence-electron chi connectivity index (χ4n) is 1.74. The summed E-state index contributed by atoms with van der Waals surface area (Å²) in [5.41, 5.74) is 6.59. The van der Waals surface area contributed by atoms with E-state index in [1.54, 1.807) is 11.3 Å². The molecule has 0 bridgehead atoms. The number of rotatable bonds is 3. The maximum absolute atomic E-state index is 11.9. The van der Waals surface area contributed by atoms with Crippen molar-refractivity contribution in [2.75, 3.05) is 5.73 Å². The number of thiophene rings is 1. The van der Waals surface area contributed by atoms with Crippen molar-refractivity contribution in [2.45, 2.75) is 26.8 Å². The number of nitrogen functional groups attached to an aromatic ring is 1. The van der Waals surface area contributed by atoms with Gasteiger partial charge in [0, 0.05) is 9.75 Å². The summed E-state index contributed by atoms with van der Waals surface area (Å²) in [5.74, 6) is -0.236. The van der Waals surface area contributed by atoms with Crippen LogP contribution < -0.4 is 11.1 Å². The molecule has 5 nitrogen and oxygen atoms in total. The molecule has 0 aliphatic heterocycles. The summed E-state index contributed by atoms with van der Waals surface area (Å²) in [7, 11) is 0. The van der Waals surface area contributed by atoms with Gasteiger partial charge in [0.2, 0.25) is 10.1 Å². The van der Waals surface area contributed by atoms with Crippen molar-refractivity contribution in [1.82, 2.24) is 15.5 Å². The Labute approximate surface area is 113 Å². The highest BCUT2D eigenvalue weighted by Gasteiger charge is 2.17. The second-order valence-corrected chi connectivity index (χ2v) is 6.48. The van der Waals surface area contributed by atoms with Crippen LogP contribution in [-0.4, -0.2) is 16.1 Å². The highest BCUT2D eigenvalue weighted by molar-refractivity contribution is 7.16. The molecule has 3 N–H and O–H groups in total. The minimum atomic E-state index is -0.236. The molecule has 1 unspecified atom stereocenters. The molecule has 0 radical (unpaired) electrons. The molecule has 1 amide bonds. The quantitative estimate of drug-likeness (QED) is 0.905. The van der Waals surface area contributed by atoms with Crippen LogP contribution in [0.15, 0.2) is 6.07 Å². The number of nitrogens with two attached hydrogens (primary N) is 1. The average molecular weight is 282 g/mol. The predicted molar refractivity (Wildman–Crippen MR) is 74.0 cm³/mol. The van der Waals surface area contributed by atoms with Crippen LogP contribution in [0.3, 0.4) is 0 Å². The SMILES string of the molecule is Cc1cc(C(C)NC(=O)c2nnc(N)s2)c(C)s1. The minimum Gasteiger partial charge on any atom is -0.374 e. The smallest absolute Gasteiger partial charge is 0.282 e. The van der Waals surface area contributed by atoms with Gasteiger partial charge in [-0.05, 0) is 32.4 Å². The topological polar surface area (TPSA) is 80.9 Å². The largest absolute Gasteiger partial charge is 0.374 e. The normalized spacial score (nSPS) is 12.4. The summed E-state index contributed by atoms with van der Waals surface area (Å²) in [6, 6.07) is 2.05. The van der Waals surface area contributed by atoms with E-state index < -0.39 is 0 Å². The number of aromatic nitrogens is 2. The number of carbonyl (C=O) groups excluding carboxylic acids is 1. The van der Waals surface area contributed by atoms with Crippen LogP contribution >= 0.6 is 22.7 Å². The second kappa shape index (κ2) is 5.03. The fraction of sp³-hybridized carbons (Fsp3) is 0.364. The monoisotopic (exact) mass is 282 g/mol. The molecule has 2 aromatic rings. The average Bonchev–Trinajstić information content (AvgIpc) is 2.84. The Hall–Kier alpha value is -1.47. The van der Waals surface area contributed by atoms with Gasteiger partial charge >= 0.3 is 0 Å².